The smallest absolute Gasteiger partial charge is 0.549 e. The average Bonchev–Trinajstić information content (AvgIpc) is 2.12. The number of carbonyl (C=O) groups is 3. The van der Waals surface area contributed by atoms with Crippen LogP contribution in [0.4, 0.5) is 0 Å². The van der Waals surface area contributed by atoms with E-state index < -0.39 is 30.9 Å². The van der Waals surface area contributed by atoms with E-state index in [-0.39, 0.29) is 23.0 Å². The number of hydrogen-bond donors (Lipinski definition) is 1. The zero-order valence-electron chi connectivity index (χ0n) is 9.34. The number of aliphatic carboxylic acids is 2. The van der Waals surface area contributed by atoms with Gasteiger partial charge in [0.15, 0.2) is 0 Å². The molecule has 100 valence electrons. The fourth-order valence-electron chi connectivity index (χ4n) is 1.06. The van der Waals surface area contributed by atoms with Crippen LogP contribution < -0.4 is 15.5 Å². The van der Waals surface area contributed by atoms with Crippen molar-refractivity contribution in [1.82, 2.24) is 10.2 Å². The molecule has 0 rings (SSSR count). The predicted octanol–water partition coefficient (Wildman–Crippen LogP) is -3.69. The second kappa shape index (κ2) is 10.0. The molecule has 0 saturated carbocycles. The molecular formula is C9H14N2NiO5. The van der Waals surface area contributed by atoms with E-state index in [0.717, 1.165) is 11.3 Å². The maximum atomic E-state index is 11.2. The molecular weight excluding hydrogens is 275 g/mol. The normalized spacial score (nSPS) is 9.53. The van der Waals surface area contributed by atoms with Gasteiger partial charge in [-0.2, -0.15) is 0 Å². The summed E-state index contributed by atoms with van der Waals surface area (Å²) < 4.78 is 0. The maximum Gasteiger partial charge on any atom is 2.00 e. The Hall–Kier alpha value is -1.14. The summed E-state index contributed by atoms with van der Waals surface area (Å²) >= 11 is 0. The molecule has 0 radical (unpaired) electrons. The number of rotatable bonds is 8. The Labute approximate surface area is 109 Å². The quantitative estimate of drug-likeness (QED) is 0.460. The third kappa shape index (κ3) is 11.1. The molecule has 0 unspecified atom stereocenters. The Morgan fingerprint density at radius 3 is 1.88 bits per heavy atom. The first-order valence-corrected chi connectivity index (χ1v) is 4.84. The van der Waals surface area contributed by atoms with Crippen molar-refractivity contribution in [2.45, 2.75) is 13.3 Å². The van der Waals surface area contributed by atoms with E-state index in [1.807, 2.05) is 6.92 Å². The van der Waals surface area contributed by atoms with Gasteiger partial charge in [-0.15, -0.1) is 0 Å². The number of carboxylic acid groups (broad SMARTS) is 2. The predicted molar refractivity (Wildman–Crippen MR) is 49.8 cm³/mol. The van der Waals surface area contributed by atoms with Gasteiger partial charge in [-0.1, -0.05) is 6.92 Å². The molecule has 0 aromatic heterocycles. The van der Waals surface area contributed by atoms with Gasteiger partial charge in [0, 0.05) is 19.6 Å². The molecule has 0 aliphatic carbocycles. The van der Waals surface area contributed by atoms with Crippen LogP contribution in [-0.4, -0.2) is 48.9 Å². The summed E-state index contributed by atoms with van der Waals surface area (Å²) in [5, 5.41) is 23.1. The second-order valence-electron chi connectivity index (χ2n) is 3.24. The molecule has 0 spiro atoms. The van der Waals surface area contributed by atoms with E-state index in [4.69, 9.17) is 0 Å². The number of amides is 1. The van der Waals surface area contributed by atoms with Crippen LogP contribution in [0.2, 0.25) is 0 Å². The van der Waals surface area contributed by atoms with Crippen molar-refractivity contribution in [3.05, 3.63) is 0 Å². The maximum absolute atomic E-state index is 11.2. The standard InChI is InChI=1S/C9H16N2O5.Ni/c1-2-3-10-7(12)4-11(5-8(13)14)6-9(15)16;/h2-6H2,1H3,(H,10,12)(H,13,14)(H,15,16);/q;+2/p-2. The summed E-state index contributed by atoms with van der Waals surface area (Å²) in [4.78, 5) is 32.7. The van der Waals surface area contributed by atoms with Crippen LogP contribution in [0.15, 0.2) is 0 Å². The van der Waals surface area contributed by atoms with Crippen molar-refractivity contribution in [1.29, 1.82) is 0 Å². The summed E-state index contributed by atoms with van der Waals surface area (Å²) in [6.07, 6.45) is 0.743. The first-order valence-electron chi connectivity index (χ1n) is 4.84. The molecule has 1 N–H and O–H groups in total. The van der Waals surface area contributed by atoms with Crippen molar-refractivity contribution in [3.8, 4) is 0 Å². The van der Waals surface area contributed by atoms with E-state index in [1.165, 1.54) is 0 Å². The van der Waals surface area contributed by atoms with Crippen molar-refractivity contribution in [3.63, 3.8) is 0 Å². The molecule has 0 atom stereocenters. The summed E-state index contributed by atoms with van der Waals surface area (Å²) in [6, 6.07) is 0. The van der Waals surface area contributed by atoms with Gasteiger partial charge >= 0.3 is 16.5 Å². The van der Waals surface area contributed by atoms with E-state index >= 15 is 0 Å². The van der Waals surface area contributed by atoms with Crippen molar-refractivity contribution in [2.24, 2.45) is 0 Å². The molecule has 0 heterocycles. The van der Waals surface area contributed by atoms with E-state index in [0.29, 0.717) is 6.54 Å². The second-order valence-corrected chi connectivity index (χ2v) is 3.24. The van der Waals surface area contributed by atoms with E-state index in [9.17, 15) is 24.6 Å². The average molecular weight is 289 g/mol. The van der Waals surface area contributed by atoms with Crippen LogP contribution in [0.1, 0.15) is 13.3 Å². The number of hydrogen-bond acceptors (Lipinski definition) is 6. The number of nitrogens with zero attached hydrogens (tertiary/aromatic N) is 1. The van der Waals surface area contributed by atoms with Crippen molar-refractivity contribution in [2.75, 3.05) is 26.2 Å². The molecule has 17 heavy (non-hydrogen) atoms. The third-order valence-corrected chi connectivity index (χ3v) is 1.64. The Balaban J connectivity index is 0. The minimum absolute atomic E-state index is 0. The van der Waals surface area contributed by atoms with Gasteiger partial charge in [0.05, 0.1) is 18.5 Å². The van der Waals surface area contributed by atoms with E-state index in [2.05, 4.69) is 5.32 Å². The number of carboxylic acids is 2. The van der Waals surface area contributed by atoms with Crippen LogP contribution in [0.3, 0.4) is 0 Å². The Bertz CT molecular complexity index is 256. The fourth-order valence-corrected chi connectivity index (χ4v) is 1.06. The van der Waals surface area contributed by atoms with Gasteiger partial charge in [-0.3, -0.25) is 9.69 Å². The zero-order chi connectivity index (χ0) is 12.6. The summed E-state index contributed by atoms with van der Waals surface area (Å²) in [5.74, 6) is -3.31. The molecule has 1 amide bonds. The molecule has 0 saturated heterocycles. The van der Waals surface area contributed by atoms with Crippen LogP contribution in [0.25, 0.3) is 0 Å². The first-order chi connectivity index (χ1) is 7.45. The molecule has 0 bridgehead atoms. The molecule has 0 aromatic carbocycles. The molecule has 0 aromatic rings. The van der Waals surface area contributed by atoms with Gasteiger partial charge in [0.25, 0.3) is 0 Å². The van der Waals surface area contributed by atoms with Crippen LogP contribution in [-0.2, 0) is 30.9 Å². The monoisotopic (exact) mass is 288 g/mol. The van der Waals surface area contributed by atoms with Crippen molar-refractivity contribution < 1.29 is 41.1 Å². The molecule has 0 fully saturated rings. The largest absolute Gasteiger partial charge is 2.00 e. The van der Waals surface area contributed by atoms with Crippen LogP contribution in [0.5, 0.6) is 0 Å². The number of nitrogens with one attached hydrogen (secondary N) is 1. The van der Waals surface area contributed by atoms with Gasteiger partial charge in [0.1, 0.15) is 0 Å². The Kier molecular flexibility index (Phi) is 10.8. The van der Waals surface area contributed by atoms with Gasteiger partial charge in [-0.25, -0.2) is 0 Å². The van der Waals surface area contributed by atoms with Gasteiger partial charge in [-0.05, 0) is 6.42 Å². The Morgan fingerprint density at radius 2 is 1.53 bits per heavy atom. The molecule has 0 aliphatic heterocycles. The minimum atomic E-state index is -1.44. The molecule has 0 aliphatic rings. The summed E-state index contributed by atoms with van der Waals surface area (Å²) in [5.41, 5.74) is 0. The first kappa shape index (κ1) is 18.2. The Morgan fingerprint density at radius 1 is 1.06 bits per heavy atom. The molecule has 7 nitrogen and oxygen atoms in total. The topological polar surface area (TPSA) is 113 Å². The molecule has 8 heteroatoms. The fraction of sp³-hybridized carbons (Fsp3) is 0.667. The number of carbonyl (C=O) groups excluding carboxylic acids is 3. The van der Waals surface area contributed by atoms with Crippen LogP contribution in [0, 0.1) is 0 Å². The minimum Gasteiger partial charge on any atom is -0.549 e. The van der Waals surface area contributed by atoms with Gasteiger partial charge < -0.3 is 25.1 Å². The summed E-state index contributed by atoms with van der Waals surface area (Å²) in [7, 11) is 0. The zero-order valence-corrected chi connectivity index (χ0v) is 10.3. The third-order valence-electron chi connectivity index (χ3n) is 1.64. The SMILES string of the molecule is CCCNC(=O)CN(CC(=O)[O-])CC(=O)[O-].[Ni+2]. The van der Waals surface area contributed by atoms with Crippen LogP contribution >= 0.6 is 0 Å². The van der Waals surface area contributed by atoms with Crippen molar-refractivity contribution >= 4 is 17.8 Å². The van der Waals surface area contributed by atoms with E-state index in [1.54, 1.807) is 0 Å². The summed E-state index contributed by atoms with van der Waals surface area (Å²) in [6.45, 7) is 0.784. The van der Waals surface area contributed by atoms with Gasteiger partial charge in [0.2, 0.25) is 5.91 Å².